The molecule has 28 heavy (non-hydrogen) atoms. The Labute approximate surface area is 167 Å². The fourth-order valence-corrected chi connectivity index (χ4v) is 4.59. The molecule has 6 heteroatoms. The molecule has 1 N–H and O–H groups in total. The molecule has 1 amide bonds. The number of fused-ring (bicyclic) bond motifs is 1. The number of nitrogens with one attached hydrogen (secondary N) is 1. The minimum Gasteiger partial charge on any atom is -0.345 e. The molecule has 0 aliphatic heterocycles. The Balaban J connectivity index is 1.81. The molecular formula is C22H28N2O3S. The predicted molar refractivity (Wildman–Crippen MR) is 111 cm³/mol. The van der Waals surface area contributed by atoms with Gasteiger partial charge in [0.15, 0.2) is 0 Å². The number of carbonyl (C=O) groups excluding carboxylic acids is 1. The molecule has 0 fully saturated rings. The van der Waals surface area contributed by atoms with Crippen LogP contribution in [-0.4, -0.2) is 32.7 Å². The van der Waals surface area contributed by atoms with Gasteiger partial charge >= 0.3 is 0 Å². The summed E-state index contributed by atoms with van der Waals surface area (Å²) in [5.74, 6) is -0.264. The van der Waals surface area contributed by atoms with Gasteiger partial charge in [-0.15, -0.1) is 0 Å². The van der Waals surface area contributed by atoms with Crippen molar-refractivity contribution in [2.45, 2.75) is 50.0 Å². The van der Waals surface area contributed by atoms with E-state index in [0.29, 0.717) is 5.56 Å². The van der Waals surface area contributed by atoms with E-state index in [2.05, 4.69) is 23.5 Å². The van der Waals surface area contributed by atoms with E-state index in [4.69, 9.17) is 0 Å². The fraction of sp³-hybridized carbons (Fsp3) is 0.409. The van der Waals surface area contributed by atoms with Crippen LogP contribution in [0.3, 0.4) is 0 Å². The highest BCUT2D eigenvalue weighted by molar-refractivity contribution is 7.89. The van der Waals surface area contributed by atoms with Crippen LogP contribution in [0.4, 0.5) is 0 Å². The summed E-state index contributed by atoms with van der Waals surface area (Å²) in [6.07, 6.45) is 5.45. The Morgan fingerprint density at radius 3 is 2.46 bits per heavy atom. The van der Waals surface area contributed by atoms with Crippen LogP contribution in [0.25, 0.3) is 0 Å². The fourth-order valence-electron chi connectivity index (χ4n) is 3.64. The van der Waals surface area contributed by atoms with E-state index in [1.165, 1.54) is 50.2 Å². The molecule has 0 spiro atoms. The SMILES string of the molecule is CC[C@@H](NC(=O)c1cccc(S(=O)(=O)N(C)C)c1)c1ccc2c(c1)CCCC2. The van der Waals surface area contributed by atoms with Crippen LogP contribution in [0.15, 0.2) is 47.4 Å². The number of nitrogens with zero attached hydrogens (tertiary/aromatic N) is 1. The summed E-state index contributed by atoms with van der Waals surface area (Å²) in [7, 11) is -0.621. The van der Waals surface area contributed by atoms with E-state index >= 15 is 0 Å². The third kappa shape index (κ3) is 4.28. The Hall–Kier alpha value is -2.18. The molecule has 0 saturated carbocycles. The maximum Gasteiger partial charge on any atom is 0.251 e. The molecule has 0 unspecified atom stereocenters. The van der Waals surface area contributed by atoms with E-state index in [1.807, 2.05) is 6.92 Å². The van der Waals surface area contributed by atoms with Crippen LogP contribution >= 0.6 is 0 Å². The van der Waals surface area contributed by atoms with Crippen LogP contribution in [0.1, 0.15) is 59.3 Å². The topological polar surface area (TPSA) is 66.5 Å². The van der Waals surface area contributed by atoms with Crippen molar-refractivity contribution in [3.63, 3.8) is 0 Å². The summed E-state index contributed by atoms with van der Waals surface area (Å²) in [4.78, 5) is 12.9. The average molecular weight is 401 g/mol. The van der Waals surface area contributed by atoms with Gasteiger partial charge in [0.2, 0.25) is 10.0 Å². The van der Waals surface area contributed by atoms with Gasteiger partial charge in [0.25, 0.3) is 5.91 Å². The highest BCUT2D eigenvalue weighted by Gasteiger charge is 2.21. The number of sulfonamides is 1. The molecule has 5 nitrogen and oxygen atoms in total. The van der Waals surface area contributed by atoms with Crippen molar-refractivity contribution >= 4 is 15.9 Å². The van der Waals surface area contributed by atoms with Crippen LogP contribution < -0.4 is 5.32 Å². The molecule has 1 aliphatic rings. The second-order valence-corrected chi connectivity index (χ2v) is 9.64. The van der Waals surface area contributed by atoms with Crippen LogP contribution in [0.5, 0.6) is 0 Å². The molecule has 0 bridgehead atoms. The number of benzene rings is 2. The van der Waals surface area contributed by atoms with Gasteiger partial charge in [-0.1, -0.05) is 31.2 Å². The normalized spacial score (nSPS) is 15.1. The van der Waals surface area contributed by atoms with E-state index in [1.54, 1.807) is 12.1 Å². The molecule has 3 rings (SSSR count). The van der Waals surface area contributed by atoms with Crippen LogP contribution in [0, 0.1) is 0 Å². The highest BCUT2D eigenvalue weighted by Crippen LogP contribution is 2.26. The minimum atomic E-state index is -3.58. The van der Waals surface area contributed by atoms with Crippen molar-refractivity contribution in [2.24, 2.45) is 0 Å². The molecule has 150 valence electrons. The average Bonchev–Trinajstić information content (AvgIpc) is 2.71. The summed E-state index contributed by atoms with van der Waals surface area (Å²) in [6, 6.07) is 12.6. The molecule has 2 aromatic rings. The zero-order chi connectivity index (χ0) is 20.3. The molecule has 0 aromatic heterocycles. The van der Waals surface area contributed by atoms with Gasteiger partial charge in [-0.25, -0.2) is 12.7 Å². The van der Waals surface area contributed by atoms with Crippen molar-refractivity contribution in [1.82, 2.24) is 9.62 Å². The largest absolute Gasteiger partial charge is 0.345 e. The molecule has 2 aromatic carbocycles. The Morgan fingerprint density at radius 1 is 1.07 bits per heavy atom. The number of hydrogen-bond donors (Lipinski definition) is 1. The monoisotopic (exact) mass is 400 g/mol. The first-order valence-electron chi connectivity index (χ1n) is 9.78. The summed E-state index contributed by atoms with van der Waals surface area (Å²) < 4.78 is 25.8. The van der Waals surface area contributed by atoms with Crippen molar-refractivity contribution < 1.29 is 13.2 Å². The maximum atomic E-state index is 12.8. The molecular weight excluding hydrogens is 372 g/mol. The zero-order valence-electron chi connectivity index (χ0n) is 16.7. The first-order chi connectivity index (χ1) is 13.3. The number of carbonyl (C=O) groups is 1. The lowest BCUT2D eigenvalue weighted by atomic mass is 9.88. The van der Waals surface area contributed by atoms with Crippen molar-refractivity contribution in [2.75, 3.05) is 14.1 Å². The van der Waals surface area contributed by atoms with Gasteiger partial charge in [0.1, 0.15) is 0 Å². The van der Waals surface area contributed by atoms with E-state index in [-0.39, 0.29) is 16.8 Å². The Kier molecular flexibility index (Phi) is 6.20. The molecule has 0 radical (unpaired) electrons. The third-order valence-electron chi connectivity index (χ3n) is 5.36. The predicted octanol–water partition coefficient (Wildman–Crippen LogP) is 3.70. The third-order valence-corrected chi connectivity index (χ3v) is 7.17. The second kappa shape index (κ2) is 8.45. The van der Waals surface area contributed by atoms with E-state index in [0.717, 1.165) is 29.1 Å². The van der Waals surface area contributed by atoms with Crippen molar-refractivity contribution in [3.8, 4) is 0 Å². The van der Waals surface area contributed by atoms with E-state index in [9.17, 15) is 13.2 Å². The second-order valence-electron chi connectivity index (χ2n) is 7.48. The minimum absolute atomic E-state index is 0.103. The van der Waals surface area contributed by atoms with Gasteiger partial charge in [0.05, 0.1) is 10.9 Å². The van der Waals surface area contributed by atoms with Gasteiger partial charge in [-0.2, -0.15) is 0 Å². The van der Waals surface area contributed by atoms with Crippen molar-refractivity contribution in [1.29, 1.82) is 0 Å². The van der Waals surface area contributed by atoms with Gasteiger partial charge in [0, 0.05) is 19.7 Å². The molecule has 1 aliphatic carbocycles. The highest BCUT2D eigenvalue weighted by atomic mass is 32.2. The lowest BCUT2D eigenvalue weighted by molar-refractivity contribution is 0.0935. The van der Waals surface area contributed by atoms with Gasteiger partial charge in [-0.3, -0.25) is 4.79 Å². The standard InChI is InChI=1S/C22H28N2O3S/c1-4-21(18-13-12-16-8-5-6-9-17(16)14-18)23-22(25)19-10-7-11-20(15-19)28(26,27)24(2)3/h7,10-15,21H,4-6,8-9H2,1-3H3,(H,23,25)/t21-/m1/s1. The van der Waals surface area contributed by atoms with Crippen LogP contribution in [0.2, 0.25) is 0 Å². The Bertz CT molecular complexity index is 967. The van der Waals surface area contributed by atoms with Gasteiger partial charge in [-0.05, 0) is 67.0 Å². The number of aryl methyl sites for hydroxylation is 2. The molecule has 0 saturated heterocycles. The summed E-state index contributed by atoms with van der Waals surface area (Å²) >= 11 is 0. The number of hydrogen-bond acceptors (Lipinski definition) is 3. The van der Waals surface area contributed by atoms with Crippen LogP contribution in [-0.2, 0) is 22.9 Å². The Morgan fingerprint density at radius 2 is 1.79 bits per heavy atom. The lowest BCUT2D eigenvalue weighted by Gasteiger charge is -2.22. The number of rotatable bonds is 6. The van der Waals surface area contributed by atoms with E-state index < -0.39 is 10.0 Å². The molecule has 1 atom stereocenters. The maximum absolute atomic E-state index is 12.8. The first kappa shape index (κ1) is 20.6. The molecule has 0 heterocycles. The van der Waals surface area contributed by atoms with Gasteiger partial charge < -0.3 is 5.32 Å². The summed E-state index contributed by atoms with van der Waals surface area (Å²) in [5.41, 5.74) is 4.25. The quantitative estimate of drug-likeness (QED) is 0.804. The number of amides is 1. The first-order valence-corrected chi connectivity index (χ1v) is 11.2. The summed E-state index contributed by atoms with van der Waals surface area (Å²) in [6.45, 7) is 2.04. The zero-order valence-corrected chi connectivity index (χ0v) is 17.6. The van der Waals surface area contributed by atoms with Crippen molar-refractivity contribution in [3.05, 3.63) is 64.7 Å². The lowest BCUT2D eigenvalue weighted by Crippen LogP contribution is -2.29. The summed E-state index contributed by atoms with van der Waals surface area (Å²) in [5, 5.41) is 3.07. The smallest absolute Gasteiger partial charge is 0.251 e.